The zero-order chi connectivity index (χ0) is 12.4. The topological polar surface area (TPSA) is 61.6 Å². The first-order chi connectivity index (χ1) is 8.13. The number of hydrogen-bond acceptors (Lipinski definition) is 4. The van der Waals surface area contributed by atoms with Crippen LogP contribution in [-0.4, -0.2) is 54.0 Å². The summed E-state index contributed by atoms with van der Waals surface area (Å²) >= 11 is 0. The summed E-state index contributed by atoms with van der Waals surface area (Å²) in [5.74, 6) is 5.51. The number of nitrogens with two attached hydrogens (primary N) is 1. The van der Waals surface area contributed by atoms with Crippen LogP contribution in [0.4, 0.5) is 0 Å². The molecule has 1 aliphatic carbocycles. The van der Waals surface area contributed by atoms with E-state index >= 15 is 0 Å². The highest BCUT2D eigenvalue weighted by Gasteiger charge is 2.35. The van der Waals surface area contributed by atoms with E-state index in [9.17, 15) is 4.79 Å². The molecule has 1 saturated carbocycles. The number of rotatable bonds is 4. The van der Waals surface area contributed by atoms with Gasteiger partial charge in [-0.1, -0.05) is 13.8 Å². The second-order valence-corrected chi connectivity index (χ2v) is 5.50. The summed E-state index contributed by atoms with van der Waals surface area (Å²) in [6, 6.07) is 0.749. The highest BCUT2D eigenvalue weighted by molar-refractivity contribution is 5.81. The molecule has 2 aliphatic rings. The highest BCUT2D eigenvalue weighted by Crippen LogP contribution is 2.28. The fraction of sp³-hybridized carbons (Fsp3) is 0.917. The molecule has 0 aromatic rings. The van der Waals surface area contributed by atoms with Crippen molar-refractivity contribution in [2.24, 2.45) is 11.8 Å². The lowest BCUT2D eigenvalue weighted by molar-refractivity contribution is -0.129. The zero-order valence-corrected chi connectivity index (χ0v) is 10.9. The molecule has 98 valence electrons. The van der Waals surface area contributed by atoms with Crippen LogP contribution in [0.3, 0.4) is 0 Å². The summed E-state index contributed by atoms with van der Waals surface area (Å²) in [6.45, 7) is 8.29. The van der Waals surface area contributed by atoms with Gasteiger partial charge in [0, 0.05) is 32.2 Å². The Morgan fingerprint density at radius 3 is 2.24 bits per heavy atom. The molecule has 2 rings (SSSR count). The molecule has 0 radical (unpaired) electrons. The van der Waals surface area contributed by atoms with E-state index in [-0.39, 0.29) is 11.9 Å². The van der Waals surface area contributed by atoms with Gasteiger partial charge in [-0.2, -0.15) is 0 Å². The van der Waals surface area contributed by atoms with E-state index < -0.39 is 0 Å². The van der Waals surface area contributed by atoms with E-state index in [1.807, 2.05) is 0 Å². The summed E-state index contributed by atoms with van der Waals surface area (Å²) in [5, 5.41) is 0. The van der Waals surface area contributed by atoms with Gasteiger partial charge in [0.2, 0.25) is 0 Å². The number of carbonyl (C=O) groups is 1. The number of hydrazine groups is 1. The molecule has 1 heterocycles. The van der Waals surface area contributed by atoms with Crippen molar-refractivity contribution < 1.29 is 4.79 Å². The normalized spacial score (nSPS) is 24.9. The van der Waals surface area contributed by atoms with Crippen LogP contribution in [0.5, 0.6) is 0 Å². The molecule has 0 aromatic carbocycles. The number of piperazine rings is 1. The van der Waals surface area contributed by atoms with Crippen LogP contribution in [0.15, 0.2) is 0 Å². The van der Waals surface area contributed by atoms with Gasteiger partial charge in [0.25, 0.3) is 5.91 Å². The number of nitrogens with zero attached hydrogens (tertiary/aromatic N) is 2. The van der Waals surface area contributed by atoms with Gasteiger partial charge in [0.15, 0.2) is 0 Å². The van der Waals surface area contributed by atoms with Crippen LogP contribution >= 0.6 is 0 Å². The molecule has 5 heteroatoms. The Bertz CT molecular complexity index is 270. The van der Waals surface area contributed by atoms with Crippen molar-refractivity contribution in [2.45, 2.75) is 38.8 Å². The molecule has 1 unspecified atom stereocenters. The summed E-state index contributed by atoms with van der Waals surface area (Å²) in [7, 11) is 0. The molecule has 5 nitrogen and oxygen atoms in total. The van der Waals surface area contributed by atoms with Crippen molar-refractivity contribution in [3.63, 3.8) is 0 Å². The van der Waals surface area contributed by atoms with Crippen LogP contribution in [0, 0.1) is 5.92 Å². The quantitative estimate of drug-likeness (QED) is 0.405. The zero-order valence-electron chi connectivity index (χ0n) is 10.9. The molecule has 2 fully saturated rings. The van der Waals surface area contributed by atoms with Gasteiger partial charge in [-0.25, -0.2) is 5.84 Å². The third-order valence-corrected chi connectivity index (χ3v) is 3.85. The number of amides is 1. The number of carbonyl (C=O) groups excluding carboxylic acids is 1. The van der Waals surface area contributed by atoms with Crippen LogP contribution < -0.4 is 11.3 Å². The molecular weight excluding hydrogens is 216 g/mol. The van der Waals surface area contributed by atoms with Gasteiger partial charge >= 0.3 is 0 Å². The van der Waals surface area contributed by atoms with Gasteiger partial charge in [-0.05, 0) is 18.8 Å². The first-order valence-electron chi connectivity index (χ1n) is 6.62. The van der Waals surface area contributed by atoms with Crippen molar-refractivity contribution in [2.75, 3.05) is 26.2 Å². The Hall–Kier alpha value is -0.650. The molecule has 0 spiro atoms. The van der Waals surface area contributed by atoms with Gasteiger partial charge in [0.05, 0.1) is 6.04 Å². The third-order valence-electron chi connectivity index (χ3n) is 3.85. The van der Waals surface area contributed by atoms with Crippen LogP contribution in [0.25, 0.3) is 0 Å². The predicted octanol–water partition coefficient (Wildman–Crippen LogP) is -0.219. The summed E-state index contributed by atoms with van der Waals surface area (Å²) in [5.41, 5.74) is 2.30. The third kappa shape index (κ3) is 2.97. The first-order valence-corrected chi connectivity index (χ1v) is 6.62. The lowest BCUT2D eigenvalue weighted by Gasteiger charge is -2.40. The monoisotopic (exact) mass is 240 g/mol. The van der Waals surface area contributed by atoms with Crippen LogP contribution in [0.1, 0.15) is 26.7 Å². The Morgan fingerprint density at radius 2 is 1.82 bits per heavy atom. The van der Waals surface area contributed by atoms with Crippen molar-refractivity contribution in [3.05, 3.63) is 0 Å². The maximum atomic E-state index is 11.8. The Labute approximate surface area is 103 Å². The molecule has 1 saturated heterocycles. The lowest BCUT2D eigenvalue weighted by atomic mass is 10.0. The van der Waals surface area contributed by atoms with Crippen LogP contribution in [0.2, 0.25) is 0 Å². The summed E-state index contributed by atoms with van der Waals surface area (Å²) in [4.78, 5) is 16.6. The predicted molar refractivity (Wildman–Crippen MR) is 67.1 cm³/mol. The number of hydrogen-bond donors (Lipinski definition) is 2. The Balaban J connectivity index is 1.89. The van der Waals surface area contributed by atoms with Gasteiger partial charge < -0.3 is 0 Å². The maximum Gasteiger partial charge on any atom is 0.251 e. The van der Waals surface area contributed by atoms with Gasteiger partial charge in [0.1, 0.15) is 0 Å². The summed E-state index contributed by atoms with van der Waals surface area (Å²) < 4.78 is 0. The van der Waals surface area contributed by atoms with Crippen molar-refractivity contribution >= 4 is 5.91 Å². The van der Waals surface area contributed by atoms with Crippen molar-refractivity contribution in [1.82, 2.24) is 15.2 Å². The fourth-order valence-corrected chi connectivity index (χ4v) is 2.80. The smallest absolute Gasteiger partial charge is 0.251 e. The SMILES string of the molecule is CC(C)C(C(=O)NN)N1CCN(C2CC2)CC1. The lowest BCUT2D eigenvalue weighted by Crippen LogP contribution is -2.57. The molecular formula is C12H24N4O. The fourth-order valence-electron chi connectivity index (χ4n) is 2.80. The van der Waals surface area contributed by atoms with E-state index in [2.05, 4.69) is 29.1 Å². The minimum Gasteiger partial charge on any atom is -0.298 e. The average molecular weight is 240 g/mol. The molecule has 0 aromatic heterocycles. The van der Waals surface area contributed by atoms with Crippen LogP contribution in [-0.2, 0) is 4.79 Å². The molecule has 1 aliphatic heterocycles. The molecule has 1 atom stereocenters. The van der Waals surface area contributed by atoms with Gasteiger partial charge in [-0.15, -0.1) is 0 Å². The summed E-state index contributed by atoms with van der Waals surface area (Å²) in [6.07, 6.45) is 2.72. The highest BCUT2D eigenvalue weighted by atomic mass is 16.2. The minimum absolute atomic E-state index is 0.0557. The van der Waals surface area contributed by atoms with E-state index in [1.54, 1.807) is 0 Å². The van der Waals surface area contributed by atoms with Gasteiger partial charge in [-0.3, -0.25) is 20.0 Å². The van der Waals surface area contributed by atoms with E-state index in [4.69, 9.17) is 5.84 Å². The minimum atomic E-state index is -0.0821. The van der Waals surface area contributed by atoms with Crippen molar-refractivity contribution in [3.8, 4) is 0 Å². The standard InChI is InChI=1S/C12H24N4O/c1-9(2)11(12(17)14-13)16-7-5-15(6-8-16)10-3-4-10/h9-11H,3-8,13H2,1-2H3,(H,14,17). The Kier molecular flexibility index (Phi) is 4.01. The van der Waals surface area contributed by atoms with Crippen molar-refractivity contribution in [1.29, 1.82) is 0 Å². The van der Waals surface area contributed by atoms with E-state index in [1.165, 1.54) is 12.8 Å². The maximum absolute atomic E-state index is 11.8. The molecule has 0 bridgehead atoms. The average Bonchev–Trinajstić information content (AvgIpc) is 3.13. The molecule has 1 amide bonds. The van der Waals surface area contributed by atoms with E-state index in [0.717, 1.165) is 32.2 Å². The second kappa shape index (κ2) is 5.33. The first kappa shape index (κ1) is 12.8. The number of nitrogens with one attached hydrogen (secondary N) is 1. The van der Waals surface area contributed by atoms with E-state index in [0.29, 0.717) is 5.92 Å². The second-order valence-electron chi connectivity index (χ2n) is 5.50. The molecule has 3 N–H and O–H groups in total. The molecule has 17 heavy (non-hydrogen) atoms. The largest absolute Gasteiger partial charge is 0.298 e. The Morgan fingerprint density at radius 1 is 1.24 bits per heavy atom.